The zero-order valence-corrected chi connectivity index (χ0v) is 9.72. The Labute approximate surface area is 96.1 Å². The topological polar surface area (TPSA) is 54.9 Å². The highest BCUT2D eigenvalue weighted by molar-refractivity contribution is 7.87. The van der Waals surface area contributed by atoms with E-state index in [1.807, 2.05) is 0 Å². The molecule has 1 N–H and O–H groups in total. The number of hydrogen-bond acceptors (Lipinski definition) is 3. The maximum absolute atomic E-state index is 11.8. The smallest absolute Gasteiger partial charge is 0.236 e. The Morgan fingerprint density at radius 3 is 2.87 bits per heavy atom. The minimum Gasteiger partial charge on any atom is -0.273 e. The lowest BCUT2D eigenvalue weighted by atomic mass is 10.4. The van der Waals surface area contributed by atoms with Gasteiger partial charge in [0.2, 0.25) is 5.95 Å². The number of aromatic nitrogens is 2. The van der Waals surface area contributed by atoms with E-state index in [9.17, 15) is 4.21 Å². The normalized spacial score (nSPS) is 19.0. The van der Waals surface area contributed by atoms with Gasteiger partial charge >= 0.3 is 0 Å². The predicted octanol–water partition coefficient (Wildman–Crippen LogP) is 2.15. The highest BCUT2D eigenvalue weighted by Crippen LogP contribution is 2.23. The summed E-state index contributed by atoms with van der Waals surface area (Å²) in [6, 6.07) is 1.59. The molecule has 1 heterocycles. The summed E-state index contributed by atoms with van der Waals surface area (Å²) in [6.45, 7) is 0. The molecule has 0 bridgehead atoms. The second-order valence-corrected chi connectivity index (χ2v) is 5.36. The van der Waals surface area contributed by atoms with Crippen molar-refractivity contribution in [1.29, 1.82) is 0 Å². The van der Waals surface area contributed by atoms with E-state index in [1.54, 1.807) is 12.3 Å². The number of halogens is 1. The first-order valence-electron chi connectivity index (χ1n) is 4.91. The van der Waals surface area contributed by atoms with Crippen LogP contribution in [0.5, 0.6) is 0 Å². The molecule has 1 aliphatic rings. The molecule has 0 aliphatic heterocycles. The molecule has 1 unspecified atom stereocenters. The predicted molar refractivity (Wildman–Crippen MR) is 61.1 cm³/mol. The zero-order valence-electron chi connectivity index (χ0n) is 8.15. The van der Waals surface area contributed by atoms with Gasteiger partial charge in [-0.25, -0.2) is 14.2 Å². The molecule has 0 saturated heterocycles. The summed E-state index contributed by atoms with van der Waals surface area (Å²) in [7, 11) is -1.09. The van der Waals surface area contributed by atoms with E-state index in [2.05, 4.69) is 14.7 Å². The van der Waals surface area contributed by atoms with Gasteiger partial charge in [0, 0.05) is 6.20 Å². The summed E-state index contributed by atoms with van der Waals surface area (Å²) in [5, 5.41) is 0.587. The van der Waals surface area contributed by atoms with Crippen molar-refractivity contribution in [2.45, 2.75) is 30.9 Å². The molecule has 0 aromatic carbocycles. The minimum atomic E-state index is -1.09. The first-order chi connectivity index (χ1) is 7.25. The van der Waals surface area contributed by atoms with Gasteiger partial charge in [0.15, 0.2) is 0 Å². The Morgan fingerprint density at radius 2 is 2.20 bits per heavy atom. The Hall–Kier alpha value is -0.680. The summed E-state index contributed by atoms with van der Waals surface area (Å²) in [5.41, 5.74) is 0. The Morgan fingerprint density at radius 1 is 1.47 bits per heavy atom. The summed E-state index contributed by atoms with van der Waals surface area (Å²) < 4.78 is 14.6. The summed E-state index contributed by atoms with van der Waals surface area (Å²) in [4.78, 5) is 7.89. The van der Waals surface area contributed by atoms with E-state index in [-0.39, 0.29) is 5.25 Å². The Bertz CT molecular complexity index is 368. The lowest BCUT2D eigenvalue weighted by Gasteiger charge is -2.09. The summed E-state index contributed by atoms with van der Waals surface area (Å²) >= 11 is 5.70. The molecule has 1 fully saturated rings. The monoisotopic (exact) mass is 245 g/mol. The molecule has 2 rings (SSSR count). The van der Waals surface area contributed by atoms with Gasteiger partial charge < -0.3 is 0 Å². The lowest BCUT2D eigenvalue weighted by Crippen LogP contribution is -2.19. The van der Waals surface area contributed by atoms with Gasteiger partial charge in [-0.15, -0.1) is 0 Å². The van der Waals surface area contributed by atoms with Crippen LogP contribution in [0.25, 0.3) is 0 Å². The van der Waals surface area contributed by atoms with Gasteiger partial charge in [-0.05, 0) is 18.9 Å². The van der Waals surface area contributed by atoms with Crippen LogP contribution in [0.15, 0.2) is 12.3 Å². The number of rotatable bonds is 3. The molecule has 15 heavy (non-hydrogen) atoms. The van der Waals surface area contributed by atoms with E-state index < -0.39 is 11.0 Å². The molecule has 0 radical (unpaired) electrons. The average molecular weight is 246 g/mol. The molecule has 0 spiro atoms. The third-order valence-corrected chi connectivity index (χ3v) is 4.09. The van der Waals surface area contributed by atoms with Crippen LogP contribution < -0.4 is 4.72 Å². The van der Waals surface area contributed by atoms with Gasteiger partial charge in [-0.1, -0.05) is 24.4 Å². The first kappa shape index (κ1) is 10.8. The summed E-state index contributed by atoms with van der Waals surface area (Å²) in [5.74, 6) is 0.340. The molecule has 4 nitrogen and oxygen atoms in total. The molecule has 1 atom stereocenters. The van der Waals surface area contributed by atoms with E-state index in [4.69, 9.17) is 11.6 Å². The van der Waals surface area contributed by atoms with Gasteiger partial charge in [-0.2, -0.15) is 0 Å². The van der Waals surface area contributed by atoms with Crippen molar-refractivity contribution in [2.24, 2.45) is 0 Å². The second kappa shape index (κ2) is 4.90. The van der Waals surface area contributed by atoms with Gasteiger partial charge in [0.1, 0.15) is 16.1 Å². The van der Waals surface area contributed by atoms with E-state index >= 15 is 0 Å². The van der Waals surface area contributed by atoms with Crippen molar-refractivity contribution >= 4 is 28.5 Å². The zero-order chi connectivity index (χ0) is 10.7. The third kappa shape index (κ3) is 2.89. The van der Waals surface area contributed by atoms with Crippen LogP contribution in [0.3, 0.4) is 0 Å². The van der Waals surface area contributed by atoms with Crippen molar-refractivity contribution < 1.29 is 4.21 Å². The highest BCUT2D eigenvalue weighted by atomic mass is 35.5. The molecule has 6 heteroatoms. The van der Waals surface area contributed by atoms with Gasteiger partial charge in [0.05, 0.1) is 5.25 Å². The maximum Gasteiger partial charge on any atom is 0.236 e. The fourth-order valence-electron chi connectivity index (χ4n) is 1.66. The van der Waals surface area contributed by atoms with Crippen molar-refractivity contribution in [2.75, 3.05) is 4.72 Å². The molecular formula is C9H12ClN3OS. The number of nitrogens with one attached hydrogen (secondary N) is 1. The Kier molecular flexibility index (Phi) is 3.53. The standard InChI is InChI=1S/C9H12ClN3OS/c10-8-5-6-11-9(12-8)13-15(14)7-3-1-2-4-7/h5-7H,1-4H2,(H,11,12,13). The van der Waals surface area contributed by atoms with Crippen LogP contribution in [0.4, 0.5) is 5.95 Å². The minimum absolute atomic E-state index is 0.229. The Balaban J connectivity index is 1.99. The van der Waals surface area contributed by atoms with E-state index in [1.165, 1.54) is 0 Å². The van der Waals surface area contributed by atoms with Crippen LogP contribution in [-0.2, 0) is 11.0 Å². The molecule has 82 valence electrons. The number of hydrogen-bond donors (Lipinski definition) is 1. The van der Waals surface area contributed by atoms with Gasteiger partial charge in [0.25, 0.3) is 0 Å². The van der Waals surface area contributed by atoms with E-state index in [0.717, 1.165) is 25.7 Å². The largest absolute Gasteiger partial charge is 0.273 e. The number of anilines is 1. The lowest BCUT2D eigenvalue weighted by molar-refractivity contribution is 0.672. The van der Waals surface area contributed by atoms with Crippen molar-refractivity contribution in [3.63, 3.8) is 0 Å². The average Bonchev–Trinajstić information content (AvgIpc) is 2.70. The SMILES string of the molecule is O=S(Nc1nccc(Cl)n1)C1CCCC1. The van der Waals surface area contributed by atoms with Crippen molar-refractivity contribution in [1.82, 2.24) is 9.97 Å². The fraction of sp³-hybridized carbons (Fsp3) is 0.556. The van der Waals surface area contributed by atoms with Crippen LogP contribution in [-0.4, -0.2) is 19.4 Å². The fourth-order valence-corrected chi connectivity index (χ4v) is 3.00. The molecule has 1 aromatic heterocycles. The summed E-state index contributed by atoms with van der Waals surface area (Å²) in [6.07, 6.45) is 5.90. The maximum atomic E-state index is 11.8. The van der Waals surface area contributed by atoms with Crippen molar-refractivity contribution in [3.8, 4) is 0 Å². The van der Waals surface area contributed by atoms with Crippen LogP contribution >= 0.6 is 11.6 Å². The second-order valence-electron chi connectivity index (χ2n) is 3.51. The van der Waals surface area contributed by atoms with Crippen LogP contribution in [0.2, 0.25) is 5.15 Å². The molecule has 1 saturated carbocycles. The highest BCUT2D eigenvalue weighted by Gasteiger charge is 2.21. The quantitative estimate of drug-likeness (QED) is 0.831. The van der Waals surface area contributed by atoms with E-state index in [0.29, 0.717) is 11.1 Å². The van der Waals surface area contributed by atoms with Crippen LogP contribution in [0.1, 0.15) is 25.7 Å². The van der Waals surface area contributed by atoms with Crippen LogP contribution in [0, 0.1) is 0 Å². The molecule has 1 aromatic rings. The van der Waals surface area contributed by atoms with Crippen molar-refractivity contribution in [3.05, 3.63) is 17.4 Å². The van der Waals surface area contributed by atoms with Gasteiger partial charge in [-0.3, -0.25) is 4.72 Å². The molecular weight excluding hydrogens is 234 g/mol. The third-order valence-electron chi connectivity index (χ3n) is 2.42. The first-order valence-corrected chi connectivity index (χ1v) is 6.50. The number of nitrogens with zero attached hydrogens (tertiary/aromatic N) is 2. The molecule has 1 aliphatic carbocycles. The molecule has 0 amide bonds.